The number of carbonyl (C=O) groups is 2. The Morgan fingerprint density at radius 1 is 1.09 bits per heavy atom. The SMILES string of the molecule is CCCOc1ccc(-c2nn(-c3ccccc3)cc2/C=C2/C(=O)N(C)C(=O)C(C#N)=C2C)cc1C. The summed E-state index contributed by atoms with van der Waals surface area (Å²) < 4.78 is 7.58. The average molecular weight is 467 g/mol. The number of imide groups is 1. The second kappa shape index (κ2) is 9.82. The van der Waals surface area contributed by atoms with Crippen LogP contribution in [-0.4, -0.2) is 40.1 Å². The lowest BCUT2D eigenvalue weighted by Crippen LogP contribution is -2.39. The zero-order valence-corrected chi connectivity index (χ0v) is 20.2. The normalized spacial score (nSPS) is 15.1. The molecule has 0 atom stereocenters. The van der Waals surface area contributed by atoms with Gasteiger partial charge in [0, 0.05) is 29.9 Å². The van der Waals surface area contributed by atoms with E-state index >= 15 is 0 Å². The maximum Gasteiger partial charge on any atom is 0.271 e. The van der Waals surface area contributed by atoms with E-state index in [2.05, 4.69) is 6.92 Å². The molecule has 1 aromatic heterocycles. The van der Waals surface area contributed by atoms with Crippen molar-refractivity contribution in [3.05, 3.63) is 82.6 Å². The lowest BCUT2D eigenvalue weighted by molar-refractivity contribution is -0.138. The van der Waals surface area contributed by atoms with Gasteiger partial charge in [-0.05, 0) is 67.8 Å². The number of nitrogens with zero attached hydrogens (tertiary/aromatic N) is 4. The van der Waals surface area contributed by atoms with Crippen molar-refractivity contribution in [2.24, 2.45) is 0 Å². The number of hydrogen-bond acceptors (Lipinski definition) is 5. The molecule has 35 heavy (non-hydrogen) atoms. The molecule has 0 saturated carbocycles. The van der Waals surface area contributed by atoms with E-state index in [9.17, 15) is 14.9 Å². The largest absolute Gasteiger partial charge is 0.493 e. The summed E-state index contributed by atoms with van der Waals surface area (Å²) in [5.74, 6) is -0.229. The fraction of sp³-hybridized carbons (Fsp3) is 0.214. The van der Waals surface area contributed by atoms with E-state index in [0.29, 0.717) is 23.4 Å². The molecule has 0 saturated heterocycles. The first-order valence-electron chi connectivity index (χ1n) is 11.4. The minimum atomic E-state index is -0.592. The van der Waals surface area contributed by atoms with Crippen molar-refractivity contribution in [3.63, 3.8) is 0 Å². The molecule has 0 radical (unpaired) electrons. The highest BCUT2D eigenvalue weighted by molar-refractivity contribution is 6.19. The van der Waals surface area contributed by atoms with Crippen LogP contribution < -0.4 is 4.74 Å². The number of rotatable bonds is 6. The van der Waals surface area contributed by atoms with Gasteiger partial charge in [0.2, 0.25) is 0 Å². The predicted molar refractivity (Wildman–Crippen MR) is 134 cm³/mol. The highest BCUT2D eigenvalue weighted by atomic mass is 16.5. The van der Waals surface area contributed by atoms with Gasteiger partial charge in [0.05, 0.1) is 18.0 Å². The Morgan fingerprint density at radius 2 is 1.83 bits per heavy atom. The van der Waals surface area contributed by atoms with Crippen molar-refractivity contribution in [2.75, 3.05) is 13.7 Å². The standard InChI is InChI=1S/C28H26N4O3/c1-5-13-35-25-12-11-20(14-18(25)2)26-21(17-32(30-26)22-9-7-6-8-10-22)15-23-19(3)24(16-29)28(34)31(4)27(23)33/h6-12,14-15,17H,5,13H2,1-4H3/b23-15+. The Bertz CT molecular complexity index is 1410. The Kier molecular flexibility index (Phi) is 6.65. The smallest absolute Gasteiger partial charge is 0.271 e. The number of benzene rings is 2. The van der Waals surface area contributed by atoms with E-state index in [1.165, 1.54) is 7.05 Å². The molecule has 2 amide bonds. The molecule has 4 rings (SSSR count). The van der Waals surface area contributed by atoms with Crippen LogP contribution in [0.1, 0.15) is 31.4 Å². The highest BCUT2D eigenvalue weighted by Crippen LogP contribution is 2.32. The molecule has 0 spiro atoms. The van der Waals surface area contributed by atoms with Gasteiger partial charge >= 0.3 is 0 Å². The number of ether oxygens (including phenoxy) is 1. The number of aryl methyl sites for hydroxylation is 1. The van der Waals surface area contributed by atoms with E-state index in [1.54, 1.807) is 17.7 Å². The maximum absolute atomic E-state index is 13.0. The summed E-state index contributed by atoms with van der Waals surface area (Å²) in [6.45, 7) is 6.31. The van der Waals surface area contributed by atoms with Crippen LogP contribution in [-0.2, 0) is 9.59 Å². The fourth-order valence-electron chi connectivity index (χ4n) is 3.95. The molecule has 0 bridgehead atoms. The van der Waals surface area contributed by atoms with Crippen LogP contribution in [0.25, 0.3) is 23.0 Å². The van der Waals surface area contributed by atoms with E-state index < -0.39 is 11.8 Å². The first-order valence-corrected chi connectivity index (χ1v) is 11.4. The van der Waals surface area contributed by atoms with Crippen LogP contribution >= 0.6 is 0 Å². The molecule has 2 aromatic carbocycles. The van der Waals surface area contributed by atoms with E-state index in [4.69, 9.17) is 9.84 Å². The van der Waals surface area contributed by atoms with Crippen LogP contribution in [0.15, 0.2) is 71.4 Å². The molecular formula is C28H26N4O3. The molecule has 7 nitrogen and oxygen atoms in total. The van der Waals surface area contributed by atoms with Gasteiger partial charge < -0.3 is 4.74 Å². The van der Waals surface area contributed by atoms with Crippen LogP contribution in [0.2, 0.25) is 0 Å². The highest BCUT2D eigenvalue weighted by Gasteiger charge is 2.33. The Balaban J connectivity index is 1.89. The van der Waals surface area contributed by atoms with Gasteiger partial charge in [-0.15, -0.1) is 0 Å². The summed E-state index contributed by atoms with van der Waals surface area (Å²) in [6, 6.07) is 17.5. The third kappa shape index (κ3) is 4.51. The lowest BCUT2D eigenvalue weighted by atomic mass is 9.93. The monoisotopic (exact) mass is 466 g/mol. The second-order valence-corrected chi connectivity index (χ2v) is 8.38. The van der Waals surface area contributed by atoms with Crippen molar-refractivity contribution in [3.8, 4) is 28.8 Å². The molecule has 0 fully saturated rings. The third-order valence-electron chi connectivity index (χ3n) is 5.92. The van der Waals surface area contributed by atoms with Gasteiger partial charge in [-0.2, -0.15) is 10.4 Å². The molecule has 3 aromatic rings. The first kappa shape index (κ1) is 23.7. The van der Waals surface area contributed by atoms with Crippen LogP contribution in [0.5, 0.6) is 5.75 Å². The van der Waals surface area contributed by atoms with Crippen molar-refractivity contribution in [1.29, 1.82) is 5.26 Å². The molecule has 176 valence electrons. The summed E-state index contributed by atoms with van der Waals surface area (Å²) in [7, 11) is 1.38. The number of likely N-dealkylation sites (N-methyl/N-ethyl adjacent to an activating group) is 1. The number of aromatic nitrogens is 2. The van der Waals surface area contributed by atoms with E-state index in [0.717, 1.165) is 33.9 Å². The topological polar surface area (TPSA) is 88.2 Å². The van der Waals surface area contributed by atoms with Crippen molar-refractivity contribution in [2.45, 2.75) is 27.2 Å². The quantitative estimate of drug-likeness (QED) is 0.382. The molecule has 1 aliphatic heterocycles. The van der Waals surface area contributed by atoms with Crippen molar-refractivity contribution < 1.29 is 14.3 Å². The van der Waals surface area contributed by atoms with Gasteiger partial charge in [0.1, 0.15) is 17.4 Å². The summed E-state index contributed by atoms with van der Waals surface area (Å²) in [5.41, 5.74) is 4.68. The number of nitriles is 1. The van der Waals surface area contributed by atoms with E-state index in [-0.39, 0.29) is 11.1 Å². The minimum Gasteiger partial charge on any atom is -0.493 e. The van der Waals surface area contributed by atoms with Crippen LogP contribution in [0.4, 0.5) is 0 Å². The zero-order valence-electron chi connectivity index (χ0n) is 20.2. The summed E-state index contributed by atoms with van der Waals surface area (Å²) in [5, 5.41) is 14.3. The molecule has 0 unspecified atom stereocenters. The molecule has 2 heterocycles. The number of hydrogen-bond donors (Lipinski definition) is 0. The molecule has 7 heteroatoms. The number of para-hydroxylation sites is 1. The summed E-state index contributed by atoms with van der Waals surface area (Å²) in [6.07, 6.45) is 4.47. The molecular weight excluding hydrogens is 440 g/mol. The lowest BCUT2D eigenvalue weighted by Gasteiger charge is -2.23. The number of amides is 2. The van der Waals surface area contributed by atoms with Crippen molar-refractivity contribution >= 4 is 17.9 Å². The minimum absolute atomic E-state index is 0.0383. The summed E-state index contributed by atoms with van der Waals surface area (Å²) in [4.78, 5) is 26.3. The summed E-state index contributed by atoms with van der Waals surface area (Å²) >= 11 is 0. The second-order valence-electron chi connectivity index (χ2n) is 8.38. The molecule has 1 aliphatic rings. The van der Waals surface area contributed by atoms with Crippen LogP contribution in [0, 0.1) is 18.3 Å². The zero-order chi connectivity index (χ0) is 25.1. The first-order chi connectivity index (χ1) is 16.8. The Labute approximate surface area is 204 Å². The predicted octanol–water partition coefficient (Wildman–Crippen LogP) is 4.86. The average Bonchev–Trinajstić information content (AvgIpc) is 3.29. The van der Waals surface area contributed by atoms with Gasteiger partial charge in [-0.3, -0.25) is 14.5 Å². The van der Waals surface area contributed by atoms with Gasteiger partial charge in [-0.25, -0.2) is 4.68 Å². The van der Waals surface area contributed by atoms with Gasteiger partial charge in [0.15, 0.2) is 0 Å². The Morgan fingerprint density at radius 3 is 2.49 bits per heavy atom. The van der Waals surface area contributed by atoms with E-state index in [1.807, 2.05) is 67.7 Å². The molecule has 0 N–H and O–H groups in total. The van der Waals surface area contributed by atoms with Crippen LogP contribution in [0.3, 0.4) is 0 Å². The van der Waals surface area contributed by atoms with Gasteiger partial charge in [-0.1, -0.05) is 25.1 Å². The third-order valence-corrected chi connectivity index (χ3v) is 5.92. The fourth-order valence-corrected chi connectivity index (χ4v) is 3.95. The Hall–Kier alpha value is -4.44. The van der Waals surface area contributed by atoms with Crippen molar-refractivity contribution in [1.82, 2.24) is 14.7 Å². The molecule has 0 aliphatic carbocycles. The van der Waals surface area contributed by atoms with Gasteiger partial charge in [0.25, 0.3) is 11.8 Å². The number of carbonyl (C=O) groups excluding carboxylic acids is 2. The maximum atomic E-state index is 13.0.